The van der Waals surface area contributed by atoms with Crippen LogP contribution in [0, 0.1) is 6.92 Å². The maximum Gasteiger partial charge on any atom is 0.264 e. The van der Waals surface area contributed by atoms with Crippen molar-refractivity contribution in [1.29, 1.82) is 0 Å². The largest absolute Gasteiger partial charge is 0.264 e. The first kappa shape index (κ1) is 9.76. The van der Waals surface area contributed by atoms with Gasteiger partial charge in [-0.15, -0.1) is 0 Å². The van der Waals surface area contributed by atoms with Crippen molar-refractivity contribution in [3.05, 3.63) is 41.9 Å². The van der Waals surface area contributed by atoms with Crippen LogP contribution in [-0.2, 0) is 0 Å². The molecule has 0 atom stereocenters. The summed E-state index contributed by atoms with van der Waals surface area (Å²) >= 11 is 0. The Balaban J connectivity index is 2.41. The Morgan fingerprint density at radius 2 is 2.20 bits per heavy atom. The molecule has 0 radical (unpaired) electrons. The molecule has 3 nitrogen and oxygen atoms in total. The number of pyridine rings is 1. The van der Waals surface area contributed by atoms with Crippen LogP contribution in [-0.4, -0.2) is 14.8 Å². The zero-order valence-corrected chi connectivity index (χ0v) is 8.06. The Bertz CT molecular complexity index is 465. The van der Waals surface area contributed by atoms with E-state index in [2.05, 4.69) is 10.1 Å². The van der Waals surface area contributed by atoms with E-state index in [-0.39, 0.29) is 5.56 Å². The first-order valence-corrected chi connectivity index (χ1v) is 4.42. The zero-order chi connectivity index (χ0) is 10.8. The highest BCUT2D eigenvalue weighted by molar-refractivity contribution is 5.28. The summed E-state index contributed by atoms with van der Waals surface area (Å²) < 4.78 is 26.3. The zero-order valence-electron chi connectivity index (χ0n) is 8.06. The SMILES string of the molecule is Cc1cnn(-c2cc(C(F)F)ccn2)c1. The van der Waals surface area contributed by atoms with Gasteiger partial charge in [-0.1, -0.05) is 0 Å². The summed E-state index contributed by atoms with van der Waals surface area (Å²) in [5.41, 5.74) is 0.910. The van der Waals surface area contributed by atoms with Crippen molar-refractivity contribution in [3.63, 3.8) is 0 Å². The second-order valence-corrected chi connectivity index (χ2v) is 3.21. The number of halogens is 2. The maximum atomic E-state index is 12.4. The summed E-state index contributed by atoms with van der Waals surface area (Å²) in [4.78, 5) is 3.97. The van der Waals surface area contributed by atoms with Crippen molar-refractivity contribution in [3.8, 4) is 5.82 Å². The number of nitrogens with zero attached hydrogens (tertiary/aromatic N) is 3. The highest BCUT2D eigenvalue weighted by atomic mass is 19.3. The molecule has 0 bridgehead atoms. The molecule has 0 unspecified atom stereocenters. The van der Waals surface area contributed by atoms with Crippen LogP contribution in [0.5, 0.6) is 0 Å². The third-order valence-electron chi connectivity index (χ3n) is 1.97. The standard InChI is InChI=1S/C10H9F2N3/c1-7-5-14-15(6-7)9-4-8(10(11)12)2-3-13-9/h2-6,10H,1H3. The van der Waals surface area contributed by atoms with Crippen LogP contribution in [0.1, 0.15) is 17.6 Å². The van der Waals surface area contributed by atoms with Crippen LogP contribution < -0.4 is 0 Å². The average Bonchev–Trinajstić information content (AvgIpc) is 2.65. The Morgan fingerprint density at radius 1 is 1.40 bits per heavy atom. The van der Waals surface area contributed by atoms with Crippen LogP contribution in [0.3, 0.4) is 0 Å². The predicted octanol–water partition coefficient (Wildman–Crippen LogP) is 2.51. The van der Waals surface area contributed by atoms with Gasteiger partial charge in [-0.25, -0.2) is 18.4 Å². The summed E-state index contributed by atoms with van der Waals surface area (Å²) in [5.74, 6) is 0.404. The second kappa shape index (κ2) is 3.76. The van der Waals surface area contributed by atoms with E-state index < -0.39 is 6.43 Å². The van der Waals surface area contributed by atoms with E-state index >= 15 is 0 Å². The lowest BCUT2D eigenvalue weighted by Crippen LogP contribution is -1.98. The fraction of sp³-hybridized carbons (Fsp3) is 0.200. The smallest absolute Gasteiger partial charge is 0.237 e. The third kappa shape index (κ3) is 2.01. The summed E-state index contributed by atoms with van der Waals surface area (Å²) in [6, 6.07) is 2.63. The van der Waals surface area contributed by atoms with Crippen molar-refractivity contribution in [1.82, 2.24) is 14.8 Å². The predicted molar refractivity (Wildman–Crippen MR) is 51.1 cm³/mol. The minimum Gasteiger partial charge on any atom is -0.237 e. The average molecular weight is 209 g/mol. The molecule has 0 amide bonds. The molecule has 0 saturated carbocycles. The van der Waals surface area contributed by atoms with Crippen molar-refractivity contribution in [2.45, 2.75) is 13.3 Å². The van der Waals surface area contributed by atoms with Crippen molar-refractivity contribution in [2.24, 2.45) is 0 Å². The van der Waals surface area contributed by atoms with Gasteiger partial charge in [0.05, 0.1) is 6.20 Å². The molecule has 78 valence electrons. The molecule has 0 N–H and O–H groups in total. The molecule has 0 spiro atoms. The number of aromatic nitrogens is 3. The van der Waals surface area contributed by atoms with E-state index in [1.165, 1.54) is 23.0 Å². The first-order chi connectivity index (χ1) is 7.16. The molecular formula is C10H9F2N3. The summed E-state index contributed by atoms with van der Waals surface area (Å²) in [6.45, 7) is 1.88. The molecule has 0 aliphatic heterocycles. The number of aryl methyl sites for hydroxylation is 1. The van der Waals surface area contributed by atoms with Gasteiger partial charge in [0.2, 0.25) is 0 Å². The van der Waals surface area contributed by atoms with Crippen molar-refractivity contribution >= 4 is 0 Å². The highest BCUT2D eigenvalue weighted by Crippen LogP contribution is 2.19. The molecule has 0 saturated heterocycles. The van der Waals surface area contributed by atoms with Crippen molar-refractivity contribution < 1.29 is 8.78 Å². The van der Waals surface area contributed by atoms with Crippen molar-refractivity contribution in [2.75, 3.05) is 0 Å². The first-order valence-electron chi connectivity index (χ1n) is 4.42. The van der Waals surface area contributed by atoms with Gasteiger partial charge in [-0.05, 0) is 24.6 Å². The van der Waals surface area contributed by atoms with E-state index in [1.807, 2.05) is 6.92 Å². The minimum absolute atomic E-state index is 0.0480. The molecule has 5 heteroatoms. The monoisotopic (exact) mass is 209 g/mol. The number of rotatable bonds is 2. The Kier molecular flexibility index (Phi) is 2.45. The molecule has 0 fully saturated rings. The van der Waals surface area contributed by atoms with Gasteiger partial charge in [0.15, 0.2) is 5.82 Å². The van der Waals surface area contributed by atoms with Crippen LogP contribution in [0.25, 0.3) is 5.82 Å². The fourth-order valence-electron chi connectivity index (χ4n) is 1.23. The Hall–Kier alpha value is -1.78. The Labute approximate surface area is 85.4 Å². The molecule has 2 aromatic rings. The number of hydrogen-bond donors (Lipinski definition) is 0. The number of hydrogen-bond acceptors (Lipinski definition) is 2. The topological polar surface area (TPSA) is 30.7 Å². The molecule has 0 aliphatic carbocycles. The molecule has 2 heterocycles. The molecule has 2 aromatic heterocycles. The van der Waals surface area contributed by atoms with Gasteiger partial charge in [0.25, 0.3) is 6.43 Å². The minimum atomic E-state index is -2.48. The summed E-state index contributed by atoms with van der Waals surface area (Å²) in [7, 11) is 0. The molecule has 0 aromatic carbocycles. The van der Waals surface area contributed by atoms with Crippen LogP contribution in [0.15, 0.2) is 30.7 Å². The lowest BCUT2D eigenvalue weighted by atomic mass is 10.3. The lowest BCUT2D eigenvalue weighted by Gasteiger charge is -2.02. The van der Waals surface area contributed by atoms with Gasteiger partial charge >= 0.3 is 0 Å². The van der Waals surface area contributed by atoms with E-state index in [4.69, 9.17) is 0 Å². The van der Waals surface area contributed by atoms with E-state index in [0.717, 1.165) is 5.56 Å². The normalized spacial score (nSPS) is 10.9. The lowest BCUT2D eigenvalue weighted by molar-refractivity contribution is 0.151. The molecule has 0 aliphatic rings. The second-order valence-electron chi connectivity index (χ2n) is 3.21. The van der Waals surface area contributed by atoms with Gasteiger partial charge in [0, 0.05) is 18.0 Å². The quantitative estimate of drug-likeness (QED) is 0.760. The van der Waals surface area contributed by atoms with Crippen LogP contribution in [0.4, 0.5) is 8.78 Å². The van der Waals surface area contributed by atoms with E-state index in [1.54, 1.807) is 12.4 Å². The highest BCUT2D eigenvalue weighted by Gasteiger charge is 2.08. The molecule has 15 heavy (non-hydrogen) atoms. The van der Waals surface area contributed by atoms with Gasteiger partial charge < -0.3 is 0 Å². The van der Waals surface area contributed by atoms with Crippen LogP contribution >= 0.6 is 0 Å². The van der Waals surface area contributed by atoms with Gasteiger partial charge in [0.1, 0.15) is 0 Å². The van der Waals surface area contributed by atoms with Gasteiger partial charge in [-0.3, -0.25) is 0 Å². The van der Waals surface area contributed by atoms with E-state index in [0.29, 0.717) is 5.82 Å². The number of alkyl halides is 2. The van der Waals surface area contributed by atoms with Crippen LogP contribution in [0.2, 0.25) is 0 Å². The summed E-state index contributed by atoms with van der Waals surface area (Å²) in [6.07, 6.45) is 2.26. The Morgan fingerprint density at radius 3 is 2.80 bits per heavy atom. The molecular weight excluding hydrogens is 200 g/mol. The molecule has 2 rings (SSSR count). The fourth-order valence-corrected chi connectivity index (χ4v) is 1.23. The third-order valence-corrected chi connectivity index (χ3v) is 1.97. The maximum absolute atomic E-state index is 12.4. The summed E-state index contributed by atoms with van der Waals surface area (Å²) in [5, 5.41) is 4.00. The van der Waals surface area contributed by atoms with Gasteiger partial charge in [-0.2, -0.15) is 5.10 Å². The van der Waals surface area contributed by atoms with E-state index in [9.17, 15) is 8.78 Å².